The topological polar surface area (TPSA) is 23.1 Å². The Labute approximate surface area is 234 Å². The molecule has 1 atom stereocenters. The molecule has 0 aromatic carbocycles. The van der Waals surface area contributed by atoms with Gasteiger partial charge in [0.15, 0.2) is 0 Å². The van der Waals surface area contributed by atoms with Crippen molar-refractivity contribution in [3.8, 4) is 0 Å². The molecule has 3 heteroatoms. The van der Waals surface area contributed by atoms with Gasteiger partial charge in [-0.05, 0) is 44.4 Å². The average Bonchev–Trinajstić information content (AvgIpc) is 2.89. The van der Waals surface area contributed by atoms with Crippen molar-refractivity contribution < 1.29 is 4.55 Å². The van der Waals surface area contributed by atoms with Gasteiger partial charge >= 0.3 is 0 Å². The smallest absolute Gasteiger partial charge is 0.127 e. The summed E-state index contributed by atoms with van der Waals surface area (Å²) in [4.78, 5) is 0. The highest BCUT2D eigenvalue weighted by molar-refractivity contribution is 8.72. The zero-order valence-electron chi connectivity index (χ0n) is 24.3. The molecule has 0 N–H and O–H groups in total. The van der Waals surface area contributed by atoms with Gasteiger partial charge < -0.3 is 4.55 Å². The summed E-state index contributed by atoms with van der Waals surface area (Å²) < 4.78 is 13.5. The molecule has 0 aliphatic heterocycles. The van der Waals surface area contributed by atoms with Crippen LogP contribution in [0.3, 0.4) is 0 Å². The molecule has 0 saturated heterocycles. The highest BCUT2D eigenvalue weighted by Crippen LogP contribution is 2.32. The average molecular weight is 541 g/mol. The van der Waals surface area contributed by atoms with Crippen LogP contribution in [0.5, 0.6) is 0 Å². The van der Waals surface area contributed by atoms with E-state index in [0.717, 1.165) is 11.7 Å². The van der Waals surface area contributed by atoms with Crippen LogP contribution in [0.4, 0.5) is 0 Å². The standard InChI is InChI=1S/C33H64OS2/c34-36(33-29-25-21-17-13-9-3-1-2-4-10-14-18-22-26-30-33)35-31-32-27-23-19-15-11-7-5-6-8-12-16-20-24-28-32/h32-33H,1-31H2. The molecule has 2 saturated carbocycles. The maximum absolute atomic E-state index is 13.5. The molecule has 0 amide bonds. The molecule has 2 rings (SSSR count). The Bertz CT molecular complexity index is 423. The van der Waals surface area contributed by atoms with Crippen LogP contribution < -0.4 is 0 Å². The summed E-state index contributed by atoms with van der Waals surface area (Å²) in [6.45, 7) is 0. The largest absolute Gasteiger partial charge is 0.605 e. The first kappa shape index (κ1) is 32.9. The van der Waals surface area contributed by atoms with Gasteiger partial charge in [-0.2, -0.15) is 0 Å². The molecule has 0 radical (unpaired) electrons. The van der Waals surface area contributed by atoms with E-state index in [1.54, 1.807) is 0 Å². The van der Waals surface area contributed by atoms with Crippen LogP contribution in [0.25, 0.3) is 0 Å². The Morgan fingerprint density at radius 2 is 0.639 bits per heavy atom. The Kier molecular flexibility index (Phi) is 22.5. The van der Waals surface area contributed by atoms with Gasteiger partial charge in [-0.3, -0.25) is 0 Å². The first-order valence-electron chi connectivity index (χ1n) is 16.9. The molecule has 214 valence electrons. The molecular formula is C33H64OS2. The fraction of sp³-hybridized carbons (Fsp3) is 1.00. The third-order valence-electron chi connectivity index (χ3n) is 8.97. The van der Waals surface area contributed by atoms with Crippen LogP contribution in [-0.2, 0) is 10.2 Å². The van der Waals surface area contributed by atoms with E-state index in [1.807, 2.05) is 10.8 Å². The van der Waals surface area contributed by atoms with E-state index >= 15 is 0 Å². The van der Waals surface area contributed by atoms with Gasteiger partial charge in [0.2, 0.25) is 0 Å². The zero-order chi connectivity index (χ0) is 25.4. The lowest BCUT2D eigenvalue weighted by Gasteiger charge is -2.22. The monoisotopic (exact) mass is 540 g/mol. The molecule has 2 aliphatic carbocycles. The van der Waals surface area contributed by atoms with Crippen molar-refractivity contribution in [1.82, 2.24) is 0 Å². The Morgan fingerprint density at radius 1 is 0.389 bits per heavy atom. The number of hydrogen-bond acceptors (Lipinski definition) is 2. The summed E-state index contributed by atoms with van der Waals surface area (Å²) in [5.41, 5.74) is 0. The van der Waals surface area contributed by atoms with Crippen molar-refractivity contribution in [3.05, 3.63) is 0 Å². The molecule has 2 fully saturated rings. The Hall–Kier alpha value is 0.660. The summed E-state index contributed by atoms with van der Waals surface area (Å²) in [6.07, 6.45) is 42.1. The molecule has 1 unspecified atom stereocenters. The van der Waals surface area contributed by atoms with E-state index in [4.69, 9.17) is 0 Å². The number of hydrogen-bond donors (Lipinski definition) is 0. The quantitative estimate of drug-likeness (QED) is 0.261. The summed E-state index contributed by atoms with van der Waals surface area (Å²) in [6, 6.07) is 0. The van der Waals surface area contributed by atoms with Gasteiger partial charge in [-0.25, -0.2) is 0 Å². The first-order chi connectivity index (χ1) is 17.9. The molecule has 0 heterocycles. The van der Waals surface area contributed by atoms with Crippen LogP contribution in [0.15, 0.2) is 0 Å². The van der Waals surface area contributed by atoms with Gasteiger partial charge in [-0.1, -0.05) is 154 Å². The highest BCUT2D eigenvalue weighted by Gasteiger charge is 2.25. The zero-order valence-corrected chi connectivity index (χ0v) is 25.9. The van der Waals surface area contributed by atoms with Crippen molar-refractivity contribution in [2.24, 2.45) is 5.92 Å². The maximum atomic E-state index is 13.5. The minimum Gasteiger partial charge on any atom is -0.605 e. The van der Waals surface area contributed by atoms with Gasteiger partial charge in [0, 0.05) is 16.0 Å². The highest BCUT2D eigenvalue weighted by atomic mass is 33.1. The van der Waals surface area contributed by atoms with Crippen molar-refractivity contribution in [1.29, 1.82) is 0 Å². The van der Waals surface area contributed by atoms with Gasteiger partial charge in [-0.15, -0.1) is 0 Å². The molecule has 2 aliphatic rings. The molecule has 0 aromatic rings. The van der Waals surface area contributed by atoms with Crippen molar-refractivity contribution in [2.75, 3.05) is 5.75 Å². The van der Waals surface area contributed by atoms with Crippen molar-refractivity contribution in [2.45, 2.75) is 198 Å². The van der Waals surface area contributed by atoms with Gasteiger partial charge in [0.25, 0.3) is 0 Å². The van der Waals surface area contributed by atoms with E-state index in [-0.39, 0.29) is 0 Å². The van der Waals surface area contributed by atoms with E-state index in [2.05, 4.69) is 0 Å². The molecular weight excluding hydrogens is 476 g/mol. The summed E-state index contributed by atoms with van der Waals surface area (Å²) in [5.74, 6) is 1.96. The van der Waals surface area contributed by atoms with Crippen LogP contribution in [0.1, 0.15) is 193 Å². The minimum atomic E-state index is -0.682. The lowest BCUT2D eigenvalue weighted by Crippen LogP contribution is -2.20. The van der Waals surface area contributed by atoms with Crippen LogP contribution in [0, 0.1) is 5.92 Å². The maximum Gasteiger partial charge on any atom is 0.127 e. The second-order valence-electron chi connectivity index (χ2n) is 12.4. The van der Waals surface area contributed by atoms with E-state index < -0.39 is 10.2 Å². The molecule has 0 aromatic heterocycles. The predicted octanol–water partition coefficient (Wildman–Crippen LogP) is 12.1. The SMILES string of the molecule is [O-][S+](SCC1CCCCCCCCCCCCCC1)C1CCCCCCCCCCCCCCCC1. The molecule has 0 bridgehead atoms. The summed E-state index contributed by atoms with van der Waals surface area (Å²) >= 11 is 0. The van der Waals surface area contributed by atoms with Crippen LogP contribution in [-0.4, -0.2) is 15.6 Å². The lowest BCUT2D eigenvalue weighted by atomic mass is 9.96. The third-order valence-corrected chi connectivity index (χ3v) is 12.7. The summed E-state index contributed by atoms with van der Waals surface area (Å²) in [5, 5.41) is 0.452. The van der Waals surface area contributed by atoms with Gasteiger partial charge in [0.05, 0.1) is 10.8 Å². The normalized spacial score (nSPS) is 25.2. The van der Waals surface area contributed by atoms with Crippen LogP contribution in [0.2, 0.25) is 0 Å². The molecule has 36 heavy (non-hydrogen) atoms. The molecule has 0 spiro atoms. The second-order valence-corrected chi connectivity index (χ2v) is 15.8. The second kappa shape index (κ2) is 24.7. The van der Waals surface area contributed by atoms with E-state index in [1.165, 1.54) is 193 Å². The fourth-order valence-corrected chi connectivity index (χ4v) is 10.1. The summed E-state index contributed by atoms with van der Waals surface area (Å²) in [7, 11) is 1.18. The van der Waals surface area contributed by atoms with E-state index in [9.17, 15) is 4.55 Å². The third kappa shape index (κ3) is 18.8. The molecule has 1 nitrogen and oxygen atoms in total. The Balaban J connectivity index is 1.76. The van der Waals surface area contributed by atoms with Crippen molar-refractivity contribution >= 4 is 21.0 Å². The fourth-order valence-electron chi connectivity index (χ4n) is 6.41. The van der Waals surface area contributed by atoms with Crippen LogP contribution >= 0.6 is 10.8 Å². The predicted molar refractivity (Wildman–Crippen MR) is 166 cm³/mol. The van der Waals surface area contributed by atoms with Gasteiger partial charge in [0.1, 0.15) is 5.25 Å². The first-order valence-corrected chi connectivity index (χ1v) is 19.6. The van der Waals surface area contributed by atoms with Crippen molar-refractivity contribution in [3.63, 3.8) is 0 Å². The minimum absolute atomic E-state index is 0.452. The Morgan fingerprint density at radius 3 is 0.944 bits per heavy atom. The van der Waals surface area contributed by atoms with E-state index in [0.29, 0.717) is 5.25 Å². The lowest BCUT2D eigenvalue weighted by molar-refractivity contribution is 0.441. The number of rotatable bonds is 4.